The number of benzene rings is 3. The molecule has 5 rings (SSSR count). The van der Waals surface area contributed by atoms with Crippen molar-refractivity contribution in [3.05, 3.63) is 82.3 Å². The lowest BCUT2D eigenvalue weighted by Gasteiger charge is -2.12. The van der Waals surface area contributed by atoms with E-state index in [2.05, 4.69) is 20.2 Å². The molecule has 0 saturated carbocycles. The molecule has 3 N–H and O–H groups in total. The summed E-state index contributed by atoms with van der Waals surface area (Å²) in [6, 6.07) is 19.0. The second kappa shape index (κ2) is 8.36. The Morgan fingerprint density at radius 3 is 2.65 bits per heavy atom. The van der Waals surface area contributed by atoms with E-state index in [-0.39, 0.29) is 11.5 Å². The first-order valence-corrected chi connectivity index (χ1v) is 10.5. The maximum Gasteiger partial charge on any atom is 0.413 e. The zero-order valence-corrected chi connectivity index (χ0v) is 18.5. The van der Waals surface area contributed by atoms with E-state index < -0.39 is 6.09 Å². The molecule has 5 aromatic rings. The van der Waals surface area contributed by atoms with Gasteiger partial charge in [-0.3, -0.25) is 9.69 Å². The van der Waals surface area contributed by atoms with Gasteiger partial charge < -0.3 is 14.8 Å². The van der Waals surface area contributed by atoms with Gasteiger partial charge in [0.25, 0.3) is 5.56 Å². The third kappa shape index (κ3) is 3.73. The summed E-state index contributed by atoms with van der Waals surface area (Å²) >= 11 is 0. The third-order valence-corrected chi connectivity index (χ3v) is 5.80. The van der Waals surface area contributed by atoms with E-state index in [9.17, 15) is 14.7 Å². The number of fused-ring (bicyclic) bond motifs is 2. The topological polar surface area (TPSA) is 124 Å². The summed E-state index contributed by atoms with van der Waals surface area (Å²) in [5.74, 6) is 0.942. The van der Waals surface area contributed by atoms with Gasteiger partial charge in [-0.2, -0.15) is 5.10 Å². The average Bonchev–Trinajstić information content (AvgIpc) is 3.28. The van der Waals surface area contributed by atoms with Gasteiger partial charge in [-0.05, 0) is 41.5 Å². The van der Waals surface area contributed by atoms with Crippen molar-refractivity contribution in [2.75, 3.05) is 19.1 Å². The van der Waals surface area contributed by atoms with Crippen LogP contribution in [0.3, 0.4) is 0 Å². The lowest BCUT2D eigenvalue weighted by atomic mass is 9.98. The number of ether oxygens (including phenoxy) is 1. The van der Waals surface area contributed by atoms with Crippen LogP contribution in [0.25, 0.3) is 32.9 Å². The second-order valence-electron chi connectivity index (χ2n) is 7.89. The van der Waals surface area contributed by atoms with E-state index in [0.29, 0.717) is 23.1 Å². The fraction of sp³-hybridized carbons (Fsp3) is 0.120. The van der Waals surface area contributed by atoms with Crippen LogP contribution in [0.4, 0.5) is 10.7 Å². The number of carboxylic acid groups (broad SMARTS) is 1. The molecule has 170 valence electrons. The zero-order valence-electron chi connectivity index (χ0n) is 18.5. The van der Waals surface area contributed by atoms with Gasteiger partial charge in [0.2, 0.25) is 5.95 Å². The zero-order chi connectivity index (χ0) is 23.8. The van der Waals surface area contributed by atoms with Gasteiger partial charge in [0.05, 0.1) is 29.2 Å². The molecular weight excluding hydrogens is 434 g/mol. The quantitative estimate of drug-likeness (QED) is 0.365. The van der Waals surface area contributed by atoms with Gasteiger partial charge in [0, 0.05) is 24.4 Å². The second-order valence-corrected chi connectivity index (χ2v) is 7.89. The summed E-state index contributed by atoms with van der Waals surface area (Å²) < 4.78 is 5.60. The molecule has 0 radical (unpaired) electrons. The first-order valence-electron chi connectivity index (χ1n) is 10.5. The number of nitrogens with zero attached hydrogens (tertiary/aromatic N) is 3. The molecule has 0 saturated heterocycles. The van der Waals surface area contributed by atoms with E-state index in [4.69, 9.17) is 4.74 Å². The molecule has 0 unspecified atom stereocenters. The normalized spacial score (nSPS) is 11.1. The van der Waals surface area contributed by atoms with Gasteiger partial charge in [-0.15, -0.1) is 0 Å². The van der Waals surface area contributed by atoms with Crippen molar-refractivity contribution >= 4 is 33.8 Å². The number of rotatable bonds is 5. The minimum absolute atomic E-state index is 0.213. The summed E-state index contributed by atoms with van der Waals surface area (Å²) in [4.78, 5) is 31.8. The van der Waals surface area contributed by atoms with Crippen LogP contribution in [0.15, 0.2) is 65.5 Å². The van der Waals surface area contributed by atoms with Crippen molar-refractivity contribution in [1.29, 1.82) is 0 Å². The summed E-state index contributed by atoms with van der Waals surface area (Å²) in [5.41, 5.74) is 4.67. The minimum Gasteiger partial charge on any atom is -0.496 e. The molecule has 0 fully saturated rings. The number of hydrogen-bond acceptors (Lipinski definition) is 5. The van der Waals surface area contributed by atoms with E-state index in [1.54, 1.807) is 13.2 Å². The van der Waals surface area contributed by atoms with Crippen LogP contribution in [0, 0.1) is 0 Å². The maximum absolute atomic E-state index is 12.1. The smallest absolute Gasteiger partial charge is 0.413 e. The van der Waals surface area contributed by atoms with Crippen molar-refractivity contribution in [2.24, 2.45) is 0 Å². The highest BCUT2D eigenvalue weighted by molar-refractivity contribution is 5.89. The molecule has 2 aromatic heterocycles. The van der Waals surface area contributed by atoms with Crippen LogP contribution >= 0.6 is 0 Å². The predicted octanol–water partition coefficient (Wildman–Crippen LogP) is 4.18. The molecule has 9 nitrogen and oxygen atoms in total. The number of hydrogen-bond donors (Lipinski definition) is 3. The number of carbonyl (C=O) groups is 1. The number of amides is 1. The number of aromatic amines is 2. The van der Waals surface area contributed by atoms with Crippen LogP contribution in [0.5, 0.6) is 5.75 Å². The van der Waals surface area contributed by atoms with E-state index in [1.807, 2.05) is 54.6 Å². The molecule has 9 heteroatoms. The first-order chi connectivity index (χ1) is 16.4. The first kappa shape index (κ1) is 21.2. The van der Waals surface area contributed by atoms with Gasteiger partial charge in [-0.1, -0.05) is 30.3 Å². The van der Waals surface area contributed by atoms with Crippen LogP contribution in [-0.4, -0.2) is 45.5 Å². The SMILES string of the molecule is COc1ccc(Cc2n[nH]c(=O)c3ccccc23)cc1-c1ccc2[nH]c(N(C)C(=O)O)nc2c1. The lowest BCUT2D eigenvalue weighted by Crippen LogP contribution is -2.24. The molecule has 0 atom stereocenters. The van der Waals surface area contributed by atoms with Crippen molar-refractivity contribution in [2.45, 2.75) is 6.42 Å². The fourth-order valence-corrected chi connectivity index (χ4v) is 4.00. The van der Waals surface area contributed by atoms with E-state index in [0.717, 1.165) is 38.2 Å². The lowest BCUT2D eigenvalue weighted by molar-refractivity contribution is 0.203. The highest BCUT2D eigenvalue weighted by Gasteiger charge is 2.15. The van der Waals surface area contributed by atoms with Crippen molar-refractivity contribution in [3.8, 4) is 16.9 Å². The van der Waals surface area contributed by atoms with Crippen LogP contribution in [0.2, 0.25) is 0 Å². The molecule has 34 heavy (non-hydrogen) atoms. The molecule has 0 aliphatic rings. The largest absolute Gasteiger partial charge is 0.496 e. The third-order valence-electron chi connectivity index (χ3n) is 5.80. The van der Waals surface area contributed by atoms with Gasteiger partial charge in [-0.25, -0.2) is 14.9 Å². The Bertz CT molecular complexity index is 1600. The van der Waals surface area contributed by atoms with Crippen molar-refractivity contribution in [3.63, 3.8) is 0 Å². The summed E-state index contributed by atoms with van der Waals surface area (Å²) in [7, 11) is 3.05. The molecule has 1 amide bonds. The Kier molecular flexibility index (Phi) is 5.21. The number of anilines is 1. The summed E-state index contributed by atoms with van der Waals surface area (Å²) in [5, 5.41) is 17.5. The van der Waals surface area contributed by atoms with Crippen LogP contribution in [-0.2, 0) is 6.42 Å². The summed E-state index contributed by atoms with van der Waals surface area (Å²) in [6.07, 6.45) is -0.580. The number of imidazole rings is 1. The number of nitrogens with one attached hydrogen (secondary N) is 2. The van der Waals surface area contributed by atoms with E-state index >= 15 is 0 Å². The van der Waals surface area contributed by atoms with Gasteiger partial charge in [0.15, 0.2) is 0 Å². The van der Waals surface area contributed by atoms with E-state index in [1.165, 1.54) is 7.05 Å². The van der Waals surface area contributed by atoms with Gasteiger partial charge >= 0.3 is 6.09 Å². The fourth-order valence-electron chi connectivity index (χ4n) is 4.00. The molecule has 0 aliphatic heterocycles. The van der Waals surface area contributed by atoms with Crippen LogP contribution in [0.1, 0.15) is 11.3 Å². The van der Waals surface area contributed by atoms with Crippen LogP contribution < -0.4 is 15.2 Å². The standard InChI is InChI=1S/C25H21N5O4/c1-30(25(32)33)24-26-19-9-8-15(13-21(19)27-24)18-11-14(7-10-22(18)34-2)12-20-16-5-3-4-6-17(16)23(31)29-28-20/h3-11,13H,12H2,1-2H3,(H,26,27)(H,29,31)(H,32,33). The van der Waals surface area contributed by atoms with Crippen molar-refractivity contribution < 1.29 is 14.6 Å². The Morgan fingerprint density at radius 1 is 1.09 bits per heavy atom. The number of methoxy groups -OCH3 is 1. The Hall–Kier alpha value is -4.66. The molecule has 3 aromatic carbocycles. The number of H-pyrrole nitrogens is 2. The highest BCUT2D eigenvalue weighted by Crippen LogP contribution is 2.33. The molecule has 0 spiro atoms. The maximum atomic E-state index is 12.1. The average molecular weight is 455 g/mol. The molecule has 2 heterocycles. The Morgan fingerprint density at radius 2 is 1.88 bits per heavy atom. The summed E-state index contributed by atoms with van der Waals surface area (Å²) in [6.45, 7) is 0. The molecule has 0 aliphatic carbocycles. The Balaban J connectivity index is 1.55. The monoisotopic (exact) mass is 455 g/mol. The molecule has 0 bridgehead atoms. The Labute approximate surface area is 193 Å². The molecular formula is C25H21N5O4. The minimum atomic E-state index is -1.10. The van der Waals surface area contributed by atoms with Crippen molar-refractivity contribution in [1.82, 2.24) is 20.2 Å². The highest BCUT2D eigenvalue weighted by atomic mass is 16.5. The predicted molar refractivity (Wildman–Crippen MR) is 130 cm³/mol. The van der Waals surface area contributed by atoms with Gasteiger partial charge in [0.1, 0.15) is 5.75 Å². The number of aromatic nitrogens is 4.